The van der Waals surface area contributed by atoms with Crippen LogP contribution in [0.4, 0.5) is 0 Å². The number of hydrogen-bond acceptors (Lipinski definition) is 4. The lowest BCUT2D eigenvalue weighted by Crippen LogP contribution is -2.44. The molecule has 0 aliphatic carbocycles. The van der Waals surface area contributed by atoms with Crippen molar-refractivity contribution in [3.8, 4) is 0 Å². The lowest BCUT2D eigenvalue weighted by Gasteiger charge is -2.15. The van der Waals surface area contributed by atoms with Gasteiger partial charge in [-0.2, -0.15) is 0 Å². The highest BCUT2D eigenvalue weighted by molar-refractivity contribution is 7.99. The van der Waals surface area contributed by atoms with Gasteiger partial charge in [0.15, 0.2) is 0 Å². The maximum absolute atomic E-state index is 11.5. The summed E-state index contributed by atoms with van der Waals surface area (Å²) in [5, 5.41) is 6.08. The first-order chi connectivity index (χ1) is 6.74. The predicted molar refractivity (Wildman–Crippen MR) is 74.9 cm³/mol. The number of rotatable bonds is 5. The molecule has 0 unspecified atom stereocenters. The smallest absolute Gasteiger partial charge is 0.238 e. The van der Waals surface area contributed by atoms with Crippen LogP contribution in [0.1, 0.15) is 6.92 Å². The monoisotopic (exact) mass is 289 g/mol. The van der Waals surface area contributed by atoms with E-state index < -0.39 is 0 Å². The molecule has 0 bridgehead atoms. The number of nitrogens with zero attached hydrogens (tertiary/aromatic N) is 1. The molecule has 1 fully saturated rings. The Bertz CT molecular complexity index is 192. The Labute approximate surface area is 114 Å². The van der Waals surface area contributed by atoms with Gasteiger partial charge < -0.3 is 10.2 Å². The van der Waals surface area contributed by atoms with Crippen LogP contribution in [0.5, 0.6) is 0 Å². The third kappa shape index (κ3) is 6.81. The van der Waals surface area contributed by atoms with Crippen LogP contribution in [-0.2, 0) is 4.79 Å². The van der Waals surface area contributed by atoms with Gasteiger partial charge in [0.05, 0.1) is 6.04 Å². The molecule has 1 saturated heterocycles. The second-order valence-corrected chi connectivity index (χ2v) is 4.49. The number of amides is 1. The molecule has 1 heterocycles. The van der Waals surface area contributed by atoms with Crippen LogP contribution in [0.2, 0.25) is 0 Å². The SMILES string of the molecule is CCN(C)CCNC(=O)[C@H]1CSCN1.Cl.Cl. The molecule has 98 valence electrons. The van der Waals surface area contributed by atoms with Gasteiger partial charge in [0, 0.05) is 24.7 Å². The molecule has 0 spiro atoms. The van der Waals surface area contributed by atoms with E-state index in [-0.39, 0.29) is 36.8 Å². The third-order valence-corrected chi connectivity index (χ3v) is 3.31. The fraction of sp³-hybridized carbons (Fsp3) is 0.889. The zero-order chi connectivity index (χ0) is 10.4. The van der Waals surface area contributed by atoms with E-state index in [4.69, 9.17) is 0 Å². The van der Waals surface area contributed by atoms with E-state index >= 15 is 0 Å². The van der Waals surface area contributed by atoms with Crippen LogP contribution in [0, 0.1) is 0 Å². The quantitative estimate of drug-likeness (QED) is 0.776. The molecule has 1 aliphatic heterocycles. The zero-order valence-corrected chi connectivity index (χ0v) is 12.1. The van der Waals surface area contributed by atoms with Crippen molar-refractivity contribution < 1.29 is 4.79 Å². The van der Waals surface area contributed by atoms with E-state index in [0.29, 0.717) is 0 Å². The Kier molecular flexibility index (Phi) is 12.2. The third-order valence-electron chi connectivity index (χ3n) is 2.37. The van der Waals surface area contributed by atoms with Crippen LogP contribution in [-0.4, -0.2) is 55.2 Å². The van der Waals surface area contributed by atoms with Gasteiger partial charge in [-0.3, -0.25) is 10.1 Å². The summed E-state index contributed by atoms with van der Waals surface area (Å²) in [5.41, 5.74) is 0. The molecule has 0 radical (unpaired) electrons. The molecule has 1 atom stereocenters. The average molecular weight is 290 g/mol. The summed E-state index contributed by atoms with van der Waals surface area (Å²) in [5.74, 6) is 1.93. The summed E-state index contributed by atoms with van der Waals surface area (Å²) in [7, 11) is 2.05. The van der Waals surface area contributed by atoms with Gasteiger partial charge in [0.2, 0.25) is 5.91 Å². The summed E-state index contributed by atoms with van der Waals surface area (Å²) in [6.07, 6.45) is 0. The first-order valence-electron chi connectivity index (χ1n) is 5.01. The first kappa shape index (κ1) is 18.7. The summed E-state index contributed by atoms with van der Waals surface area (Å²) < 4.78 is 0. The molecular weight excluding hydrogens is 269 g/mol. The number of carbonyl (C=O) groups is 1. The van der Waals surface area contributed by atoms with E-state index in [0.717, 1.165) is 31.3 Å². The number of hydrogen-bond donors (Lipinski definition) is 2. The molecule has 7 heteroatoms. The molecule has 2 N–H and O–H groups in total. The van der Waals surface area contributed by atoms with E-state index in [2.05, 4.69) is 29.5 Å². The first-order valence-corrected chi connectivity index (χ1v) is 6.17. The molecule has 1 aliphatic rings. The van der Waals surface area contributed by atoms with Gasteiger partial charge >= 0.3 is 0 Å². The van der Waals surface area contributed by atoms with Gasteiger partial charge in [-0.25, -0.2) is 0 Å². The van der Waals surface area contributed by atoms with Gasteiger partial charge in [0.1, 0.15) is 0 Å². The van der Waals surface area contributed by atoms with Crippen molar-refractivity contribution in [3.63, 3.8) is 0 Å². The minimum absolute atomic E-state index is 0. The van der Waals surface area contributed by atoms with Crippen molar-refractivity contribution >= 4 is 42.5 Å². The highest BCUT2D eigenvalue weighted by Gasteiger charge is 2.21. The average Bonchev–Trinajstić information content (AvgIpc) is 2.70. The van der Waals surface area contributed by atoms with Crippen molar-refractivity contribution in [1.82, 2.24) is 15.5 Å². The van der Waals surface area contributed by atoms with Crippen LogP contribution >= 0.6 is 36.6 Å². The summed E-state index contributed by atoms with van der Waals surface area (Å²) in [6.45, 7) is 4.79. The lowest BCUT2D eigenvalue weighted by atomic mass is 10.3. The molecule has 0 aromatic rings. The standard InChI is InChI=1S/C9H19N3OS.2ClH/c1-3-12(2)5-4-10-9(13)8-6-14-7-11-8;;/h8,11H,3-7H2,1-2H3,(H,10,13);2*1H/t8-;;/m1../s1. The van der Waals surface area contributed by atoms with Crippen LogP contribution in [0.25, 0.3) is 0 Å². The van der Waals surface area contributed by atoms with Crippen LogP contribution < -0.4 is 10.6 Å². The maximum atomic E-state index is 11.5. The zero-order valence-electron chi connectivity index (χ0n) is 9.69. The largest absolute Gasteiger partial charge is 0.353 e. The summed E-state index contributed by atoms with van der Waals surface area (Å²) in [4.78, 5) is 13.7. The number of nitrogens with one attached hydrogen (secondary N) is 2. The van der Waals surface area contributed by atoms with Crippen LogP contribution in [0.3, 0.4) is 0 Å². The molecule has 16 heavy (non-hydrogen) atoms. The van der Waals surface area contributed by atoms with Crippen LogP contribution in [0.15, 0.2) is 0 Å². The Morgan fingerprint density at radius 3 is 2.75 bits per heavy atom. The number of carbonyl (C=O) groups excluding carboxylic acids is 1. The summed E-state index contributed by atoms with van der Waals surface area (Å²) in [6, 6.07) is 0.0203. The molecule has 1 rings (SSSR count). The Balaban J connectivity index is 0. The summed E-state index contributed by atoms with van der Waals surface area (Å²) >= 11 is 1.77. The number of likely N-dealkylation sites (N-methyl/N-ethyl adjacent to an activating group) is 1. The van der Waals surface area contributed by atoms with Gasteiger partial charge in [0.25, 0.3) is 0 Å². The van der Waals surface area contributed by atoms with Crippen molar-refractivity contribution in [1.29, 1.82) is 0 Å². The predicted octanol–water partition coefficient (Wildman–Crippen LogP) is 0.560. The fourth-order valence-corrected chi connectivity index (χ4v) is 2.16. The topological polar surface area (TPSA) is 44.4 Å². The van der Waals surface area contributed by atoms with E-state index in [1.165, 1.54) is 0 Å². The molecule has 0 aromatic carbocycles. The normalized spacial score (nSPS) is 18.8. The highest BCUT2D eigenvalue weighted by Crippen LogP contribution is 2.08. The minimum Gasteiger partial charge on any atom is -0.353 e. The van der Waals surface area contributed by atoms with Gasteiger partial charge in [-0.15, -0.1) is 36.6 Å². The van der Waals surface area contributed by atoms with Crippen molar-refractivity contribution in [2.75, 3.05) is 38.3 Å². The van der Waals surface area contributed by atoms with Crippen molar-refractivity contribution in [2.24, 2.45) is 0 Å². The molecular formula is C9H21Cl2N3OS. The second kappa shape index (κ2) is 10.5. The fourth-order valence-electron chi connectivity index (χ4n) is 1.21. The minimum atomic E-state index is 0. The molecule has 0 saturated carbocycles. The maximum Gasteiger partial charge on any atom is 0.238 e. The molecule has 0 aromatic heterocycles. The molecule has 4 nitrogen and oxygen atoms in total. The van der Waals surface area contributed by atoms with Gasteiger partial charge in [-0.05, 0) is 13.6 Å². The Hall–Kier alpha value is 0.320. The Morgan fingerprint density at radius 1 is 1.56 bits per heavy atom. The molecule has 1 amide bonds. The Morgan fingerprint density at radius 2 is 2.25 bits per heavy atom. The van der Waals surface area contributed by atoms with Crippen molar-refractivity contribution in [3.05, 3.63) is 0 Å². The van der Waals surface area contributed by atoms with Gasteiger partial charge in [-0.1, -0.05) is 6.92 Å². The van der Waals surface area contributed by atoms with Crippen molar-refractivity contribution in [2.45, 2.75) is 13.0 Å². The van der Waals surface area contributed by atoms with E-state index in [1.54, 1.807) is 11.8 Å². The second-order valence-electron chi connectivity index (χ2n) is 3.46. The van der Waals surface area contributed by atoms with E-state index in [9.17, 15) is 4.79 Å². The highest BCUT2D eigenvalue weighted by atomic mass is 35.5. The number of halogens is 2. The number of thioether (sulfide) groups is 1. The lowest BCUT2D eigenvalue weighted by molar-refractivity contribution is -0.122. The van der Waals surface area contributed by atoms with E-state index in [1.807, 2.05) is 0 Å².